The van der Waals surface area contributed by atoms with Crippen LogP contribution in [0.4, 0.5) is 4.39 Å². The molecule has 0 aliphatic heterocycles. The van der Waals surface area contributed by atoms with E-state index < -0.39 is 27.0 Å². The smallest absolute Gasteiger partial charge is 0.280 e. The lowest BCUT2D eigenvalue weighted by atomic mass is 10.0. The minimum Gasteiger partial charge on any atom is -0.497 e. The second kappa shape index (κ2) is 9.05. The number of sulfone groups is 1. The fourth-order valence-corrected chi connectivity index (χ4v) is 4.54. The van der Waals surface area contributed by atoms with Gasteiger partial charge in [-0.05, 0) is 29.8 Å². The third-order valence-corrected chi connectivity index (χ3v) is 6.76. The van der Waals surface area contributed by atoms with Crippen molar-refractivity contribution in [1.82, 2.24) is 0 Å². The molecule has 0 spiro atoms. The summed E-state index contributed by atoms with van der Waals surface area (Å²) in [6, 6.07) is 21.8. The number of hydrogen-bond acceptors (Lipinski definition) is 4. The zero-order valence-corrected chi connectivity index (χ0v) is 17.2. The lowest BCUT2D eigenvalue weighted by Gasteiger charge is -2.23. The summed E-state index contributed by atoms with van der Waals surface area (Å²) >= 11 is 0. The molecule has 0 fully saturated rings. The first-order chi connectivity index (χ1) is 14.4. The van der Waals surface area contributed by atoms with Crippen LogP contribution in [-0.4, -0.2) is 26.3 Å². The van der Waals surface area contributed by atoms with Crippen LogP contribution in [0, 0.1) is 0 Å². The first-order valence-electron chi connectivity index (χ1n) is 9.27. The van der Waals surface area contributed by atoms with Crippen LogP contribution in [0.2, 0.25) is 0 Å². The number of ketones is 1. The van der Waals surface area contributed by atoms with E-state index >= 15 is 4.39 Å². The molecule has 6 heteroatoms. The number of hydrogen-bond donors (Lipinski definition) is 0. The van der Waals surface area contributed by atoms with Crippen molar-refractivity contribution in [2.75, 3.05) is 7.11 Å². The summed E-state index contributed by atoms with van der Waals surface area (Å²) in [7, 11) is -3.05. The fourth-order valence-electron chi connectivity index (χ4n) is 2.98. The number of rotatable bonds is 8. The molecule has 0 aliphatic carbocycles. The molecule has 1 unspecified atom stereocenters. The highest BCUT2D eigenvalue weighted by molar-refractivity contribution is 7.93. The first-order valence-corrected chi connectivity index (χ1v) is 10.8. The molecule has 0 N–H and O–H groups in total. The monoisotopic (exact) mass is 424 g/mol. The third kappa shape index (κ3) is 4.33. The Morgan fingerprint density at radius 3 is 2.07 bits per heavy atom. The normalized spacial score (nSPS) is 13.7. The maximum absolute atomic E-state index is 16.1. The molecule has 3 rings (SSSR count). The second-order valence-electron chi connectivity index (χ2n) is 6.62. The number of carbonyl (C=O) groups excluding carboxylic acids is 1. The van der Waals surface area contributed by atoms with E-state index in [9.17, 15) is 13.2 Å². The van der Waals surface area contributed by atoms with E-state index in [2.05, 4.69) is 0 Å². The number of ether oxygens (including phenoxy) is 1. The fraction of sp³-hybridized carbons (Fsp3) is 0.125. The molecule has 0 saturated heterocycles. The average molecular weight is 424 g/mol. The molecular weight excluding hydrogens is 403 g/mol. The molecule has 1 atom stereocenters. The predicted octanol–water partition coefficient (Wildman–Crippen LogP) is 5.12. The van der Waals surface area contributed by atoms with Crippen LogP contribution in [0.1, 0.15) is 22.3 Å². The van der Waals surface area contributed by atoms with Crippen molar-refractivity contribution in [3.63, 3.8) is 0 Å². The molecule has 0 amide bonds. The molecule has 3 aromatic rings. The summed E-state index contributed by atoms with van der Waals surface area (Å²) in [5, 5.41) is -3.14. The molecule has 30 heavy (non-hydrogen) atoms. The van der Waals surface area contributed by atoms with Gasteiger partial charge >= 0.3 is 0 Å². The van der Waals surface area contributed by atoms with Crippen LogP contribution < -0.4 is 4.74 Å². The van der Waals surface area contributed by atoms with Gasteiger partial charge in [-0.1, -0.05) is 72.8 Å². The van der Waals surface area contributed by atoms with Gasteiger partial charge in [0.2, 0.25) is 15.6 Å². The van der Waals surface area contributed by atoms with Gasteiger partial charge in [-0.15, -0.1) is 0 Å². The number of methoxy groups -OCH3 is 1. The molecule has 0 radical (unpaired) electrons. The zero-order valence-electron chi connectivity index (χ0n) is 16.4. The highest BCUT2D eigenvalue weighted by Crippen LogP contribution is 2.35. The van der Waals surface area contributed by atoms with Gasteiger partial charge < -0.3 is 4.74 Å². The lowest BCUT2D eigenvalue weighted by Crippen LogP contribution is -2.42. The second-order valence-corrected chi connectivity index (χ2v) is 8.75. The highest BCUT2D eigenvalue weighted by atomic mass is 32.2. The van der Waals surface area contributed by atoms with Crippen LogP contribution in [0.15, 0.2) is 95.9 Å². The van der Waals surface area contributed by atoms with Crippen LogP contribution in [0.3, 0.4) is 0 Å². The van der Waals surface area contributed by atoms with Gasteiger partial charge in [-0.2, -0.15) is 0 Å². The van der Waals surface area contributed by atoms with Crippen molar-refractivity contribution in [3.05, 3.63) is 102 Å². The molecule has 0 aromatic heterocycles. The Kier molecular flexibility index (Phi) is 6.47. The van der Waals surface area contributed by atoms with Gasteiger partial charge in [0.25, 0.3) is 5.00 Å². The van der Waals surface area contributed by atoms with Crippen molar-refractivity contribution in [1.29, 1.82) is 0 Å². The molecule has 154 valence electrons. The Morgan fingerprint density at radius 2 is 1.50 bits per heavy atom. The quantitative estimate of drug-likeness (QED) is 0.471. The van der Waals surface area contributed by atoms with Crippen molar-refractivity contribution >= 4 is 21.7 Å². The number of Topliss-reactive ketones (excluding diaryl/α,β-unsaturated/α-hetero) is 1. The van der Waals surface area contributed by atoms with Gasteiger partial charge in [0.15, 0.2) is 0 Å². The van der Waals surface area contributed by atoms with E-state index in [4.69, 9.17) is 4.74 Å². The molecule has 0 saturated carbocycles. The minimum atomic E-state index is -4.60. The molecule has 4 nitrogen and oxygen atoms in total. The van der Waals surface area contributed by atoms with Crippen molar-refractivity contribution in [2.24, 2.45) is 0 Å². The van der Waals surface area contributed by atoms with Crippen molar-refractivity contribution < 1.29 is 22.3 Å². The predicted molar refractivity (Wildman–Crippen MR) is 115 cm³/mol. The Bertz CT molecular complexity index is 1120. The summed E-state index contributed by atoms with van der Waals surface area (Å²) < 4.78 is 47.5. The van der Waals surface area contributed by atoms with Crippen molar-refractivity contribution in [3.8, 4) is 5.75 Å². The molecular formula is C24H21FO4S. The third-order valence-electron chi connectivity index (χ3n) is 4.66. The van der Waals surface area contributed by atoms with E-state index in [-0.39, 0.29) is 10.5 Å². The number of allylic oxidation sites excluding steroid dienone is 1. The number of halogens is 1. The summed E-state index contributed by atoms with van der Waals surface area (Å²) in [6.45, 7) is 0. The highest BCUT2D eigenvalue weighted by Gasteiger charge is 2.51. The van der Waals surface area contributed by atoms with E-state index in [1.165, 1.54) is 42.5 Å². The number of alkyl halides is 1. The Morgan fingerprint density at radius 1 is 0.933 bits per heavy atom. The van der Waals surface area contributed by atoms with E-state index in [0.717, 1.165) is 5.56 Å². The zero-order chi connectivity index (χ0) is 21.6. The van der Waals surface area contributed by atoms with Gasteiger partial charge in [0.1, 0.15) is 5.75 Å². The Balaban J connectivity index is 1.99. The largest absolute Gasteiger partial charge is 0.497 e. The lowest BCUT2D eigenvalue weighted by molar-refractivity contribution is 0.0829. The van der Waals surface area contributed by atoms with Crippen LogP contribution in [-0.2, 0) is 9.84 Å². The first kappa shape index (κ1) is 21.5. The molecule has 0 heterocycles. The topological polar surface area (TPSA) is 60.4 Å². The maximum Gasteiger partial charge on any atom is 0.280 e. The molecule has 0 aliphatic rings. The van der Waals surface area contributed by atoms with Gasteiger partial charge in [0, 0.05) is 12.0 Å². The van der Waals surface area contributed by atoms with Crippen LogP contribution >= 0.6 is 0 Å². The summed E-state index contributed by atoms with van der Waals surface area (Å²) in [5.41, 5.74) is 0.722. The van der Waals surface area contributed by atoms with E-state index in [1.807, 2.05) is 0 Å². The summed E-state index contributed by atoms with van der Waals surface area (Å²) in [6.07, 6.45) is 2.32. The van der Waals surface area contributed by atoms with Gasteiger partial charge in [-0.25, -0.2) is 12.8 Å². The molecule has 3 aromatic carbocycles. The maximum atomic E-state index is 16.1. The van der Waals surface area contributed by atoms with Crippen LogP contribution in [0.5, 0.6) is 5.75 Å². The standard InChI is InChI=1S/C24H21FO4S/c1-29-21-16-14-19(15-17-21)9-8-18-24(25,23(26)20-10-4-2-5-11-20)30(27,28)22-12-6-3-7-13-22/h2-17H,18H2,1H3/b9-8+. The van der Waals surface area contributed by atoms with Gasteiger partial charge in [-0.3, -0.25) is 4.79 Å². The Labute approximate surface area is 175 Å². The van der Waals surface area contributed by atoms with Crippen LogP contribution in [0.25, 0.3) is 6.08 Å². The van der Waals surface area contributed by atoms with E-state index in [0.29, 0.717) is 5.75 Å². The average Bonchev–Trinajstić information content (AvgIpc) is 2.80. The SMILES string of the molecule is COc1ccc(/C=C/CC(F)(C(=O)c2ccccc2)S(=O)(=O)c2ccccc2)cc1. The van der Waals surface area contributed by atoms with E-state index in [1.54, 1.807) is 61.7 Å². The Hall–Kier alpha value is -3.25. The van der Waals surface area contributed by atoms with Crippen molar-refractivity contribution in [2.45, 2.75) is 16.3 Å². The number of benzene rings is 3. The summed E-state index contributed by atoms with van der Waals surface area (Å²) in [4.78, 5) is 12.8. The minimum absolute atomic E-state index is 0.00245. The molecule has 0 bridgehead atoms. The van der Waals surface area contributed by atoms with Gasteiger partial charge in [0.05, 0.1) is 12.0 Å². The number of carbonyl (C=O) groups is 1. The summed E-state index contributed by atoms with van der Waals surface area (Å²) in [5.74, 6) is -0.427.